The Morgan fingerprint density at radius 1 is 1.32 bits per heavy atom. The molecule has 5 nitrogen and oxygen atoms in total. The van der Waals surface area contributed by atoms with E-state index in [1.165, 1.54) is 5.56 Å². The number of carbonyl (C=O) groups excluding carboxylic acids is 1. The Hall–Kier alpha value is -2.30. The lowest BCUT2D eigenvalue weighted by Crippen LogP contribution is -2.26. The molecule has 0 aliphatic carbocycles. The number of hydrogen-bond acceptors (Lipinski definition) is 3. The maximum Gasteiger partial charge on any atom is 0.251 e. The Kier molecular flexibility index (Phi) is 4.85. The van der Waals surface area contributed by atoms with Gasteiger partial charge in [0.1, 0.15) is 0 Å². The third-order valence-corrected chi connectivity index (χ3v) is 3.94. The van der Waals surface area contributed by atoms with Crippen LogP contribution in [0.25, 0.3) is 0 Å². The standard InChI is InChI=1S/C17H24N4O/c1-12-16(13(2)21(5)19-12)9-10-18-17(22)14-7-6-8-15(11-14)20(3)4/h6-8,11H,9-10H2,1-5H3,(H,18,22). The minimum Gasteiger partial charge on any atom is -0.378 e. The number of benzene rings is 1. The van der Waals surface area contributed by atoms with Crippen molar-refractivity contribution < 1.29 is 4.79 Å². The summed E-state index contributed by atoms with van der Waals surface area (Å²) >= 11 is 0. The largest absolute Gasteiger partial charge is 0.378 e. The maximum atomic E-state index is 12.2. The van der Waals surface area contributed by atoms with Crippen LogP contribution < -0.4 is 10.2 Å². The number of hydrogen-bond donors (Lipinski definition) is 1. The molecule has 118 valence electrons. The molecular weight excluding hydrogens is 276 g/mol. The SMILES string of the molecule is Cc1nn(C)c(C)c1CCNC(=O)c1cccc(N(C)C)c1. The molecule has 1 N–H and O–H groups in total. The summed E-state index contributed by atoms with van der Waals surface area (Å²) in [5.41, 5.74) is 5.10. The van der Waals surface area contributed by atoms with Crippen LogP contribution >= 0.6 is 0 Å². The van der Waals surface area contributed by atoms with E-state index >= 15 is 0 Å². The zero-order valence-electron chi connectivity index (χ0n) is 14.0. The normalized spacial score (nSPS) is 10.6. The lowest BCUT2D eigenvalue weighted by atomic mass is 10.1. The van der Waals surface area contributed by atoms with Crippen LogP contribution in [0.5, 0.6) is 0 Å². The van der Waals surface area contributed by atoms with Crippen LogP contribution in [0, 0.1) is 13.8 Å². The number of carbonyl (C=O) groups is 1. The van der Waals surface area contributed by atoms with Crippen molar-refractivity contribution in [3.63, 3.8) is 0 Å². The first-order valence-electron chi connectivity index (χ1n) is 7.45. The van der Waals surface area contributed by atoms with Crippen molar-refractivity contribution in [2.24, 2.45) is 7.05 Å². The Morgan fingerprint density at radius 2 is 2.05 bits per heavy atom. The maximum absolute atomic E-state index is 12.2. The van der Waals surface area contributed by atoms with Gasteiger partial charge in [-0.3, -0.25) is 9.48 Å². The predicted molar refractivity (Wildman–Crippen MR) is 89.5 cm³/mol. The fourth-order valence-corrected chi connectivity index (χ4v) is 2.51. The van der Waals surface area contributed by atoms with Gasteiger partial charge in [-0.05, 0) is 44.0 Å². The molecule has 0 saturated heterocycles. The lowest BCUT2D eigenvalue weighted by Gasteiger charge is -2.13. The molecule has 0 atom stereocenters. The number of aryl methyl sites for hydroxylation is 2. The number of aromatic nitrogens is 2. The minimum absolute atomic E-state index is 0.0390. The first kappa shape index (κ1) is 16.1. The van der Waals surface area contributed by atoms with Gasteiger partial charge in [-0.15, -0.1) is 0 Å². The highest BCUT2D eigenvalue weighted by molar-refractivity contribution is 5.95. The summed E-state index contributed by atoms with van der Waals surface area (Å²) in [6, 6.07) is 7.62. The average molecular weight is 300 g/mol. The molecule has 1 aromatic carbocycles. The highest BCUT2D eigenvalue weighted by atomic mass is 16.1. The molecular formula is C17H24N4O. The second-order valence-electron chi connectivity index (χ2n) is 5.72. The summed E-state index contributed by atoms with van der Waals surface area (Å²) < 4.78 is 1.88. The number of nitrogens with zero attached hydrogens (tertiary/aromatic N) is 3. The molecule has 22 heavy (non-hydrogen) atoms. The quantitative estimate of drug-likeness (QED) is 0.920. The summed E-state index contributed by atoms with van der Waals surface area (Å²) in [6.45, 7) is 4.67. The molecule has 0 saturated carbocycles. The van der Waals surface area contributed by atoms with E-state index in [1.54, 1.807) is 0 Å². The fraction of sp³-hybridized carbons (Fsp3) is 0.412. The van der Waals surface area contributed by atoms with E-state index in [2.05, 4.69) is 17.3 Å². The van der Waals surface area contributed by atoms with Gasteiger partial charge in [0, 0.05) is 44.6 Å². The van der Waals surface area contributed by atoms with E-state index in [1.807, 2.05) is 61.9 Å². The molecule has 0 fully saturated rings. The number of anilines is 1. The van der Waals surface area contributed by atoms with Gasteiger partial charge in [-0.25, -0.2) is 0 Å². The van der Waals surface area contributed by atoms with Gasteiger partial charge in [0.2, 0.25) is 0 Å². The van der Waals surface area contributed by atoms with Gasteiger partial charge in [-0.1, -0.05) is 6.07 Å². The third-order valence-electron chi connectivity index (χ3n) is 3.94. The third kappa shape index (κ3) is 3.47. The van der Waals surface area contributed by atoms with Crippen LogP contribution in [0.3, 0.4) is 0 Å². The van der Waals surface area contributed by atoms with Crippen molar-refractivity contribution >= 4 is 11.6 Å². The van der Waals surface area contributed by atoms with Crippen molar-refractivity contribution in [1.29, 1.82) is 0 Å². The molecule has 0 radical (unpaired) electrons. The highest BCUT2D eigenvalue weighted by Crippen LogP contribution is 2.14. The second-order valence-corrected chi connectivity index (χ2v) is 5.72. The van der Waals surface area contributed by atoms with E-state index in [9.17, 15) is 4.79 Å². The minimum atomic E-state index is -0.0390. The van der Waals surface area contributed by atoms with Crippen LogP contribution in [-0.4, -0.2) is 36.3 Å². The molecule has 1 amide bonds. The van der Waals surface area contributed by atoms with Crippen molar-refractivity contribution in [2.75, 3.05) is 25.5 Å². The second kappa shape index (κ2) is 6.64. The van der Waals surface area contributed by atoms with E-state index in [0.717, 1.165) is 23.5 Å². The highest BCUT2D eigenvalue weighted by Gasteiger charge is 2.10. The van der Waals surface area contributed by atoms with Gasteiger partial charge in [0.05, 0.1) is 5.69 Å². The Labute approximate surface area is 131 Å². The summed E-state index contributed by atoms with van der Waals surface area (Å²) in [7, 11) is 5.87. The molecule has 0 unspecified atom stereocenters. The molecule has 0 aliphatic rings. The Balaban J connectivity index is 1.97. The van der Waals surface area contributed by atoms with Crippen LogP contribution in [0.1, 0.15) is 27.3 Å². The number of amides is 1. The predicted octanol–water partition coefficient (Wildman–Crippen LogP) is 2.08. The summed E-state index contributed by atoms with van der Waals surface area (Å²) in [6.07, 6.45) is 0.796. The first-order chi connectivity index (χ1) is 10.4. The van der Waals surface area contributed by atoms with Crippen LogP contribution in [0.4, 0.5) is 5.69 Å². The summed E-state index contributed by atoms with van der Waals surface area (Å²) in [5, 5.41) is 7.38. The summed E-state index contributed by atoms with van der Waals surface area (Å²) in [5.74, 6) is -0.0390. The molecule has 0 aliphatic heterocycles. The van der Waals surface area contributed by atoms with E-state index in [0.29, 0.717) is 12.1 Å². The fourth-order valence-electron chi connectivity index (χ4n) is 2.51. The number of rotatable bonds is 5. The Morgan fingerprint density at radius 3 is 2.64 bits per heavy atom. The van der Waals surface area contributed by atoms with Crippen LogP contribution in [0.2, 0.25) is 0 Å². The molecule has 2 rings (SSSR count). The molecule has 0 spiro atoms. The molecule has 0 bridgehead atoms. The van der Waals surface area contributed by atoms with Gasteiger partial charge < -0.3 is 10.2 Å². The monoisotopic (exact) mass is 300 g/mol. The topological polar surface area (TPSA) is 50.2 Å². The zero-order chi connectivity index (χ0) is 16.3. The first-order valence-corrected chi connectivity index (χ1v) is 7.45. The van der Waals surface area contributed by atoms with Crippen LogP contribution in [0.15, 0.2) is 24.3 Å². The van der Waals surface area contributed by atoms with Crippen LogP contribution in [-0.2, 0) is 13.5 Å². The molecule has 5 heteroatoms. The lowest BCUT2D eigenvalue weighted by molar-refractivity contribution is 0.0954. The van der Waals surface area contributed by atoms with Crippen molar-refractivity contribution in [3.05, 3.63) is 46.8 Å². The molecule has 1 heterocycles. The van der Waals surface area contributed by atoms with E-state index in [4.69, 9.17) is 0 Å². The molecule has 2 aromatic rings. The molecule has 1 aromatic heterocycles. The van der Waals surface area contributed by atoms with E-state index < -0.39 is 0 Å². The van der Waals surface area contributed by atoms with Gasteiger partial charge in [0.15, 0.2) is 0 Å². The van der Waals surface area contributed by atoms with E-state index in [-0.39, 0.29) is 5.91 Å². The van der Waals surface area contributed by atoms with Gasteiger partial charge in [-0.2, -0.15) is 5.10 Å². The van der Waals surface area contributed by atoms with Crippen molar-refractivity contribution in [1.82, 2.24) is 15.1 Å². The zero-order valence-corrected chi connectivity index (χ0v) is 14.0. The summed E-state index contributed by atoms with van der Waals surface area (Å²) in [4.78, 5) is 14.2. The van der Waals surface area contributed by atoms with Crippen molar-refractivity contribution in [3.8, 4) is 0 Å². The average Bonchev–Trinajstić information content (AvgIpc) is 2.73. The smallest absolute Gasteiger partial charge is 0.251 e. The Bertz CT molecular complexity index is 673. The number of nitrogens with one attached hydrogen (secondary N) is 1. The van der Waals surface area contributed by atoms with Gasteiger partial charge in [0.25, 0.3) is 5.91 Å². The van der Waals surface area contributed by atoms with Gasteiger partial charge >= 0.3 is 0 Å². The van der Waals surface area contributed by atoms with Crippen molar-refractivity contribution in [2.45, 2.75) is 20.3 Å².